The summed E-state index contributed by atoms with van der Waals surface area (Å²) < 4.78 is 53.0. The van der Waals surface area contributed by atoms with Crippen LogP contribution in [0.5, 0.6) is 0 Å². The second-order valence-corrected chi connectivity index (χ2v) is 19.4. The quantitative estimate of drug-likeness (QED) is 0.0166. The van der Waals surface area contributed by atoms with Gasteiger partial charge in [0.25, 0.3) is 0 Å². The van der Waals surface area contributed by atoms with Gasteiger partial charge in [-0.3, -0.25) is 27.7 Å². The number of aliphatic hydroxyl groups excluding tert-OH is 3. The van der Waals surface area contributed by atoms with E-state index in [9.17, 15) is 43.8 Å². The predicted octanol–water partition coefficient (Wildman–Crippen LogP) is 11.1. The molecular formula is C47H88O15P2. The molecule has 15 nitrogen and oxygen atoms in total. The first-order chi connectivity index (χ1) is 30.8. The third kappa shape index (κ3) is 45.4. The number of phosphoric ester groups is 2. The summed E-state index contributed by atoms with van der Waals surface area (Å²) in [6, 6.07) is 0. The van der Waals surface area contributed by atoms with Gasteiger partial charge in [0.15, 0.2) is 0 Å². The predicted molar refractivity (Wildman–Crippen MR) is 251 cm³/mol. The maximum Gasteiger partial charge on any atom is 0.472 e. The number of hydrogen-bond acceptors (Lipinski definition) is 13. The van der Waals surface area contributed by atoms with Crippen LogP contribution in [0.1, 0.15) is 194 Å². The molecule has 0 amide bonds. The molecule has 0 spiro atoms. The molecule has 0 bridgehead atoms. The van der Waals surface area contributed by atoms with Gasteiger partial charge >= 0.3 is 27.6 Å². The lowest BCUT2D eigenvalue weighted by molar-refractivity contribution is -0.148. The summed E-state index contributed by atoms with van der Waals surface area (Å²) in [5.74, 6) is -1.00. The molecule has 0 saturated heterocycles. The van der Waals surface area contributed by atoms with Gasteiger partial charge in [-0.15, -0.1) is 0 Å². The summed E-state index contributed by atoms with van der Waals surface area (Å²) >= 11 is 0. The molecule has 0 aliphatic heterocycles. The van der Waals surface area contributed by atoms with E-state index in [1.807, 2.05) is 18.2 Å². The van der Waals surface area contributed by atoms with Gasteiger partial charge in [-0.05, 0) is 32.1 Å². The Morgan fingerprint density at radius 2 is 0.719 bits per heavy atom. The lowest BCUT2D eigenvalue weighted by Gasteiger charge is -2.19. The summed E-state index contributed by atoms with van der Waals surface area (Å²) in [5, 5.41) is 30.0. The zero-order valence-corrected chi connectivity index (χ0v) is 41.2. The van der Waals surface area contributed by atoms with Crippen molar-refractivity contribution in [1.82, 2.24) is 0 Å². The fourth-order valence-electron chi connectivity index (χ4n) is 6.39. The topological polar surface area (TPSA) is 225 Å². The highest BCUT2D eigenvalue weighted by molar-refractivity contribution is 7.47. The van der Waals surface area contributed by atoms with E-state index < -0.39 is 85.5 Å². The number of carbonyl (C=O) groups is 2. The number of hydrogen-bond donors (Lipinski definition) is 5. The van der Waals surface area contributed by atoms with Crippen LogP contribution in [0.25, 0.3) is 0 Å². The highest BCUT2D eigenvalue weighted by Gasteiger charge is 2.28. The van der Waals surface area contributed by atoms with E-state index in [4.69, 9.17) is 9.47 Å². The third-order valence-electron chi connectivity index (χ3n) is 10.2. The summed E-state index contributed by atoms with van der Waals surface area (Å²) in [6.07, 6.45) is 38.5. The minimum atomic E-state index is -4.79. The van der Waals surface area contributed by atoms with Gasteiger partial charge < -0.3 is 34.6 Å². The molecule has 0 rings (SSSR count). The first-order valence-electron chi connectivity index (χ1n) is 24.4. The number of ether oxygens (including phenoxy) is 2. The molecule has 376 valence electrons. The largest absolute Gasteiger partial charge is 0.472 e. The molecule has 0 saturated carbocycles. The van der Waals surface area contributed by atoms with Crippen LogP contribution in [0.2, 0.25) is 0 Å². The maximum absolute atomic E-state index is 12.2. The number of phosphoric acid groups is 2. The SMILES string of the molecule is CC/C=C/C=C/C=C/CCCCCCCCCC(=O)OCC(O)COP(=O)(O)OCC(O)COP(=O)(O)OCC(O)COC(=O)CCCCCCCCCCCCCCCCCCC. The van der Waals surface area contributed by atoms with Crippen LogP contribution in [0.15, 0.2) is 36.5 Å². The van der Waals surface area contributed by atoms with Crippen molar-refractivity contribution >= 4 is 27.6 Å². The molecule has 5 N–H and O–H groups in total. The molecule has 0 aliphatic carbocycles. The Bertz CT molecular complexity index is 1290. The Morgan fingerprint density at radius 1 is 0.422 bits per heavy atom. The molecule has 0 aliphatic rings. The van der Waals surface area contributed by atoms with E-state index in [2.05, 4.69) is 50.2 Å². The number of aliphatic hydroxyl groups is 3. The number of unbranched alkanes of at least 4 members (excludes halogenated alkanes) is 23. The van der Waals surface area contributed by atoms with Crippen molar-refractivity contribution in [2.45, 2.75) is 212 Å². The molecule has 5 unspecified atom stereocenters. The van der Waals surface area contributed by atoms with Crippen LogP contribution in [-0.4, -0.2) is 95.0 Å². The Kier molecular flexibility index (Phi) is 42.6. The van der Waals surface area contributed by atoms with E-state index in [1.165, 1.54) is 83.5 Å². The number of carbonyl (C=O) groups excluding carboxylic acids is 2. The van der Waals surface area contributed by atoms with E-state index in [0.29, 0.717) is 12.8 Å². The Hall–Kier alpha value is -1.74. The molecule has 0 heterocycles. The monoisotopic (exact) mass is 955 g/mol. The molecule has 0 radical (unpaired) electrons. The average molecular weight is 955 g/mol. The second kappa shape index (κ2) is 43.8. The zero-order chi connectivity index (χ0) is 47.4. The van der Waals surface area contributed by atoms with Crippen LogP contribution in [0.4, 0.5) is 0 Å². The fraction of sp³-hybridized carbons (Fsp3) is 0.830. The van der Waals surface area contributed by atoms with Gasteiger partial charge in [0.2, 0.25) is 0 Å². The molecule has 64 heavy (non-hydrogen) atoms. The molecular weight excluding hydrogens is 866 g/mol. The molecule has 0 aromatic heterocycles. The highest BCUT2D eigenvalue weighted by atomic mass is 31.2. The summed E-state index contributed by atoms with van der Waals surface area (Å²) in [7, 11) is -9.57. The summed E-state index contributed by atoms with van der Waals surface area (Å²) in [4.78, 5) is 43.8. The smallest absolute Gasteiger partial charge is 0.463 e. The first kappa shape index (κ1) is 62.3. The van der Waals surface area contributed by atoms with Crippen molar-refractivity contribution in [3.63, 3.8) is 0 Å². The van der Waals surface area contributed by atoms with Crippen molar-refractivity contribution in [3.8, 4) is 0 Å². The summed E-state index contributed by atoms with van der Waals surface area (Å²) in [6.45, 7) is 0.298. The average Bonchev–Trinajstić information content (AvgIpc) is 3.27. The fourth-order valence-corrected chi connectivity index (χ4v) is 7.98. The minimum absolute atomic E-state index is 0.183. The van der Waals surface area contributed by atoms with E-state index >= 15 is 0 Å². The summed E-state index contributed by atoms with van der Waals surface area (Å²) in [5.41, 5.74) is 0. The lowest BCUT2D eigenvalue weighted by Crippen LogP contribution is -2.25. The van der Waals surface area contributed by atoms with Crippen molar-refractivity contribution in [3.05, 3.63) is 36.5 Å². The Labute approximate surface area is 386 Å². The van der Waals surface area contributed by atoms with Crippen molar-refractivity contribution in [2.24, 2.45) is 0 Å². The normalized spacial score (nSPS) is 15.4. The molecule has 0 aromatic rings. The molecule has 5 atom stereocenters. The van der Waals surface area contributed by atoms with Crippen molar-refractivity contribution in [2.75, 3.05) is 39.6 Å². The van der Waals surface area contributed by atoms with Crippen molar-refractivity contribution in [1.29, 1.82) is 0 Å². The van der Waals surface area contributed by atoms with E-state index in [0.717, 1.165) is 70.6 Å². The van der Waals surface area contributed by atoms with Gasteiger partial charge in [-0.2, -0.15) is 0 Å². The number of allylic oxidation sites excluding steroid dienone is 6. The zero-order valence-electron chi connectivity index (χ0n) is 39.5. The van der Waals surface area contributed by atoms with Crippen LogP contribution < -0.4 is 0 Å². The van der Waals surface area contributed by atoms with Gasteiger partial charge in [0, 0.05) is 12.8 Å². The number of esters is 2. The Balaban J connectivity index is 3.87. The van der Waals surface area contributed by atoms with Gasteiger partial charge in [0.05, 0.1) is 26.4 Å². The first-order valence-corrected chi connectivity index (χ1v) is 27.4. The number of rotatable bonds is 47. The van der Waals surface area contributed by atoms with Gasteiger partial charge in [-0.25, -0.2) is 9.13 Å². The van der Waals surface area contributed by atoms with Crippen LogP contribution in [0, 0.1) is 0 Å². The van der Waals surface area contributed by atoms with Crippen LogP contribution in [-0.2, 0) is 46.3 Å². The molecule has 0 fully saturated rings. The second-order valence-electron chi connectivity index (χ2n) is 16.5. The third-order valence-corrected chi connectivity index (χ3v) is 12.1. The highest BCUT2D eigenvalue weighted by Crippen LogP contribution is 2.45. The standard InChI is InChI=1S/C47H88O15P2/c1-3-5-7-9-11-13-15-17-19-20-22-24-26-28-30-32-34-36-47(52)58-38-44(49)40-60-64(55,56)62-42-45(50)41-61-63(53,54)59-39-43(48)37-57-46(51)35-33-31-29-27-25-23-21-18-16-14-12-10-8-6-4-2/h6,8,10,12,14,16,43-45,48-50H,3-5,7,9,11,13,15,17-42H2,1-2H3,(H,53,54)(H,55,56)/b8-6+,12-10+,16-14+. The van der Waals surface area contributed by atoms with Crippen LogP contribution >= 0.6 is 15.6 Å². The minimum Gasteiger partial charge on any atom is -0.463 e. The maximum atomic E-state index is 12.2. The molecule has 17 heteroatoms. The van der Waals surface area contributed by atoms with Crippen LogP contribution in [0.3, 0.4) is 0 Å². The van der Waals surface area contributed by atoms with E-state index in [-0.39, 0.29) is 12.8 Å². The van der Waals surface area contributed by atoms with Gasteiger partial charge in [-0.1, -0.05) is 185 Å². The lowest BCUT2D eigenvalue weighted by atomic mass is 10.0. The molecule has 0 aromatic carbocycles. The van der Waals surface area contributed by atoms with Gasteiger partial charge in [0.1, 0.15) is 31.5 Å². The Morgan fingerprint density at radius 3 is 1.06 bits per heavy atom. The van der Waals surface area contributed by atoms with Crippen molar-refractivity contribution < 1.29 is 71.4 Å². The van der Waals surface area contributed by atoms with E-state index in [1.54, 1.807) is 0 Å².